The van der Waals surface area contributed by atoms with E-state index in [9.17, 15) is 13.2 Å². The molecule has 0 spiro atoms. The number of unbranched alkanes of at least 4 members (excludes halogenated alkanes) is 1. The van der Waals surface area contributed by atoms with Crippen LogP contribution < -0.4 is 10.2 Å². The molecule has 2 heterocycles. The Morgan fingerprint density at radius 2 is 1.93 bits per heavy atom. The molecule has 2 aliphatic heterocycles. The van der Waals surface area contributed by atoms with Gasteiger partial charge in [-0.3, -0.25) is 10.0 Å². The van der Waals surface area contributed by atoms with E-state index < -0.39 is 10.0 Å². The van der Waals surface area contributed by atoms with Gasteiger partial charge >= 0.3 is 0 Å². The fourth-order valence-corrected chi connectivity index (χ4v) is 5.23. The van der Waals surface area contributed by atoms with E-state index >= 15 is 0 Å². The average Bonchev–Trinajstić information content (AvgIpc) is 3.27. The predicted molar refractivity (Wildman–Crippen MR) is 99.5 cm³/mol. The Bertz CT molecular complexity index is 766. The fraction of sp³-hybridized carbons (Fsp3) is 0.526. The molecule has 8 heteroatoms. The van der Waals surface area contributed by atoms with Crippen molar-refractivity contribution in [3.05, 3.63) is 42.5 Å². The largest absolute Gasteiger partial charge is 0.373 e. The van der Waals surface area contributed by atoms with E-state index in [2.05, 4.69) is 4.72 Å². The number of benzene rings is 1. The first kappa shape index (κ1) is 20.0. The average molecular weight is 394 g/mol. The molecule has 2 saturated heterocycles. The first-order chi connectivity index (χ1) is 13.0. The Labute approximate surface area is 159 Å². The molecule has 1 amide bonds. The molecule has 2 aliphatic rings. The SMILES string of the molecule is O=C(CCC/C=C\CC1C2CCC(O2)C1NS(=O)(=O)c1ccccc1)NO. The van der Waals surface area contributed by atoms with E-state index in [1.54, 1.807) is 35.8 Å². The molecule has 4 atom stereocenters. The summed E-state index contributed by atoms with van der Waals surface area (Å²) in [5.41, 5.74) is 1.62. The maximum atomic E-state index is 12.7. The first-order valence-electron chi connectivity index (χ1n) is 9.32. The van der Waals surface area contributed by atoms with Crippen LogP contribution in [0.3, 0.4) is 0 Å². The Kier molecular flexibility index (Phi) is 6.64. The summed E-state index contributed by atoms with van der Waals surface area (Å²) >= 11 is 0. The summed E-state index contributed by atoms with van der Waals surface area (Å²) in [5, 5.41) is 8.46. The van der Waals surface area contributed by atoms with E-state index in [0.29, 0.717) is 6.42 Å². The van der Waals surface area contributed by atoms with Crippen LogP contribution in [0.25, 0.3) is 0 Å². The maximum absolute atomic E-state index is 12.7. The van der Waals surface area contributed by atoms with Gasteiger partial charge in [-0.25, -0.2) is 18.6 Å². The number of carbonyl (C=O) groups excluding carboxylic acids is 1. The molecular weight excluding hydrogens is 368 g/mol. The van der Waals surface area contributed by atoms with Crippen molar-refractivity contribution in [2.75, 3.05) is 0 Å². The lowest BCUT2D eigenvalue weighted by atomic mass is 9.83. The van der Waals surface area contributed by atoms with Crippen molar-refractivity contribution in [3.8, 4) is 0 Å². The number of hydrogen-bond donors (Lipinski definition) is 3. The molecular formula is C19H26N2O5S. The zero-order chi connectivity index (χ0) is 19.3. The highest BCUT2D eigenvalue weighted by Gasteiger charge is 2.49. The van der Waals surface area contributed by atoms with Gasteiger partial charge in [0.1, 0.15) is 0 Å². The number of allylic oxidation sites excluding steroid dienone is 2. The van der Waals surface area contributed by atoms with Crippen molar-refractivity contribution in [2.24, 2.45) is 5.92 Å². The number of hydrogen-bond acceptors (Lipinski definition) is 5. The third-order valence-corrected chi connectivity index (χ3v) is 6.72. The van der Waals surface area contributed by atoms with Crippen LogP contribution in [0.15, 0.2) is 47.4 Å². The second-order valence-corrected chi connectivity index (χ2v) is 8.76. The third-order valence-electron chi connectivity index (χ3n) is 5.24. The van der Waals surface area contributed by atoms with Crippen LogP contribution in [0.4, 0.5) is 0 Å². The van der Waals surface area contributed by atoms with Gasteiger partial charge in [0, 0.05) is 12.3 Å². The van der Waals surface area contributed by atoms with Gasteiger partial charge in [-0.2, -0.15) is 0 Å². The molecule has 0 saturated carbocycles. The summed E-state index contributed by atoms with van der Waals surface area (Å²) < 4.78 is 34.2. The molecule has 4 unspecified atom stereocenters. The number of sulfonamides is 1. The second-order valence-electron chi connectivity index (χ2n) is 7.05. The highest BCUT2D eigenvalue weighted by molar-refractivity contribution is 7.89. The van der Waals surface area contributed by atoms with Gasteiger partial charge in [-0.05, 0) is 44.2 Å². The predicted octanol–water partition coefficient (Wildman–Crippen LogP) is 2.13. The van der Waals surface area contributed by atoms with E-state index in [0.717, 1.165) is 25.7 Å². The monoisotopic (exact) mass is 394 g/mol. The summed E-state index contributed by atoms with van der Waals surface area (Å²) in [6.07, 6.45) is 8.28. The molecule has 3 rings (SSSR count). The van der Waals surface area contributed by atoms with Crippen LogP contribution in [0.1, 0.15) is 38.5 Å². The Hall–Kier alpha value is -1.74. The van der Waals surface area contributed by atoms with Gasteiger partial charge < -0.3 is 4.74 Å². The minimum Gasteiger partial charge on any atom is -0.373 e. The quantitative estimate of drug-likeness (QED) is 0.258. The summed E-state index contributed by atoms with van der Waals surface area (Å²) in [6, 6.07) is 8.17. The minimum absolute atomic E-state index is 0.0693. The van der Waals surface area contributed by atoms with E-state index in [-0.39, 0.29) is 41.4 Å². The van der Waals surface area contributed by atoms with E-state index in [4.69, 9.17) is 9.94 Å². The number of fused-ring (bicyclic) bond motifs is 2. The van der Waals surface area contributed by atoms with Crippen LogP contribution in [0, 0.1) is 5.92 Å². The highest BCUT2D eigenvalue weighted by atomic mass is 32.2. The lowest BCUT2D eigenvalue weighted by molar-refractivity contribution is -0.129. The van der Waals surface area contributed by atoms with Crippen molar-refractivity contribution < 1.29 is 23.2 Å². The van der Waals surface area contributed by atoms with E-state index in [1.807, 2.05) is 12.2 Å². The lowest BCUT2D eigenvalue weighted by Crippen LogP contribution is -2.46. The molecule has 2 fully saturated rings. The normalized spacial score (nSPS) is 27.3. The van der Waals surface area contributed by atoms with Crippen LogP contribution >= 0.6 is 0 Å². The molecule has 3 N–H and O–H groups in total. The topological polar surface area (TPSA) is 105 Å². The van der Waals surface area contributed by atoms with Gasteiger partial charge in [-0.15, -0.1) is 0 Å². The molecule has 27 heavy (non-hydrogen) atoms. The Morgan fingerprint density at radius 1 is 1.19 bits per heavy atom. The van der Waals surface area contributed by atoms with Crippen molar-refractivity contribution >= 4 is 15.9 Å². The number of rotatable bonds is 9. The van der Waals surface area contributed by atoms with Gasteiger partial charge in [0.25, 0.3) is 0 Å². The van der Waals surface area contributed by atoms with Crippen molar-refractivity contribution in [1.82, 2.24) is 10.2 Å². The van der Waals surface area contributed by atoms with Crippen LogP contribution in [0.5, 0.6) is 0 Å². The summed E-state index contributed by atoms with van der Waals surface area (Å²) in [6.45, 7) is 0. The zero-order valence-corrected chi connectivity index (χ0v) is 15.9. The van der Waals surface area contributed by atoms with Crippen LogP contribution in [-0.2, 0) is 19.6 Å². The molecule has 148 valence electrons. The first-order valence-corrected chi connectivity index (χ1v) is 10.8. The van der Waals surface area contributed by atoms with Crippen LogP contribution in [-0.4, -0.2) is 37.8 Å². The lowest BCUT2D eigenvalue weighted by Gasteiger charge is -2.27. The van der Waals surface area contributed by atoms with Gasteiger partial charge in [0.05, 0.1) is 23.1 Å². The van der Waals surface area contributed by atoms with Crippen molar-refractivity contribution in [3.63, 3.8) is 0 Å². The molecule has 1 aromatic carbocycles. The molecule has 1 aromatic rings. The number of hydroxylamine groups is 1. The fourth-order valence-electron chi connectivity index (χ4n) is 3.89. The summed E-state index contributed by atoms with van der Waals surface area (Å²) in [5.74, 6) is -0.278. The smallest absolute Gasteiger partial charge is 0.243 e. The Balaban J connectivity index is 1.57. The second kappa shape index (κ2) is 8.97. The maximum Gasteiger partial charge on any atom is 0.243 e. The van der Waals surface area contributed by atoms with Crippen LogP contribution in [0.2, 0.25) is 0 Å². The summed E-state index contributed by atoms with van der Waals surface area (Å²) in [7, 11) is -3.57. The number of carbonyl (C=O) groups is 1. The number of amides is 1. The summed E-state index contributed by atoms with van der Waals surface area (Å²) in [4.78, 5) is 11.2. The number of nitrogens with one attached hydrogen (secondary N) is 2. The third kappa shape index (κ3) is 4.95. The Morgan fingerprint density at radius 3 is 2.67 bits per heavy atom. The van der Waals surface area contributed by atoms with Crippen molar-refractivity contribution in [1.29, 1.82) is 0 Å². The molecule has 0 aliphatic carbocycles. The van der Waals surface area contributed by atoms with Gasteiger partial charge in [-0.1, -0.05) is 30.4 Å². The van der Waals surface area contributed by atoms with Crippen molar-refractivity contribution in [2.45, 2.75) is 61.7 Å². The van der Waals surface area contributed by atoms with Gasteiger partial charge in [0.2, 0.25) is 15.9 Å². The molecule has 0 aromatic heterocycles. The molecule has 2 bridgehead atoms. The van der Waals surface area contributed by atoms with Gasteiger partial charge in [0.15, 0.2) is 0 Å². The molecule has 0 radical (unpaired) electrons. The number of ether oxygens (including phenoxy) is 1. The van der Waals surface area contributed by atoms with E-state index in [1.165, 1.54) is 0 Å². The molecule has 7 nitrogen and oxygen atoms in total. The highest BCUT2D eigenvalue weighted by Crippen LogP contribution is 2.41. The zero-order valence-electron chi connectivity index (χ0n) is 15.1. The standard InChI is InChI=1S/C19H26N2O5S/c22-18(20-23)11-7-2-1-6-10-15-16-12-13-17(26-16)19(15)21-27(24,25)14-8-4-3-5-9-14/h1,3-6,8-9,15-17,19,21,23H,2,7,10-13H2,(H,20,22)/b6-1-. The minimum atomic E-state index is -3.57.